The summed E-state index contributed by atoms with van der Waals surface area (Å²) in [5, 5.41) is 0. The molecule has 0 aliphatic heterocycles. The number of allylic oxidation sites excluding steroid dienone is 4. The smallest absolute Gasteiger partial charge is 0.306 e. The average molecular weight is 1110 g/mol. The van der Waals surface area contributed by atoms with E-state index in [1.54, 1.807) is 0 Å². The highest BCUT2D eigenvalue weighted by atomic mass is 16.6. The molecule has 79 heavy (non-hydrogen) atoms. The number of carbonyl (C=O) groups is 3. The Morgan fingerprint density at radius 3 is 0.696 bits per heavy atom. The summed E-state index contributed by atoms with van der Waals surface area (Å²) in [4.78, 5) is 38.5. The van der Waals surface area contributed by atoms with Crippen LogP contribution in [0.1, 0.15) is 406 Å². The number of rotatable bonds is 67. The Hall–Kier alpha value is -2.11. The zero-order valence-electron chi connectivity index (χ0n) is 53.7. The maximum atomic E-state index is 13.0. The van der Waals surface area contributed by atoms with Crippen LogP contribution in [0.15, 0.2) is 24.3 Å². The summed E-state index contributed by atoms with van der Waals surface area (Å²) in [6.07, 6.45) is 83.4. The van der Waals surface area contributed by atoms with Crippen molar-refractivity contribution in [1.29, 1.82) is 0 Å². The Labute approximate surface area is 493 Å². The van der Waals surface area contributed by atoms with Crippen LogP contribution in [-0.4, -0.2) is 37.2 Å². The second-order valence-corrected chi connectivity index (χ2v) is 24.5. The van der Waals surface area contributed by atoms with Crippen molar-refractivity contribution in [3.05, 3.63) is 24.3 Å². The van der Waals surface area contributed by atoms with Crippen molar-refractivity contribution in [2.75, 3.05) is 13.2 Å². The van der Waals surface area contributed by atoms with Crippen LogP contribution in [0, 0.1) is 0 Å². The third-order valence-electron chi connectivity index (χ3n) is 16.5. The Morgan fingerprint density at radius 2 is 0.456 bits per heavy atom. The lowest BCUT2D eigenvalue weighted by atomic mass is 10.0. The van der Waals surface area contributed by atoms with E-state index in [-0.39, 0.29) is 31.1 Å². The largest absolute Gasteiger partial charge is 0.462 e. The van der Waals surface area contributed by atoms with Crippen LogP contribution in [0.2, 0.25) is 0 Å². The van der Waals surface area contributed by atoms with Gasteiger partial charge in [0.25, 0.3) is 0 Å². The van der Waals surface area contributed by atoms with E-state index in [2.05, 4.69) is 45.1 Å². The van der Waals surface area contributed by atoms with E-state index in [0.29, 0.717) is 19.3 Å². The first-order valence-electron chi connectivity index (χ1n) is 35.8. The third kappa shape index (κ3) is 66.6. The van der Waals surface area contributed by atoms with Gasteiger partial charge in [0.05, 0.1) is 0 Å². The first-order valence-corrected chi connectivity index (χ1v) is 35.8. The second-order valence-electron chi connectivity index (χ2n) is 24.5. The Balaban J connectivity index is 4.28. The lowest BCUT2D eigenvalue weighted by Crippen LogP contribution is -2.30. The topological polar surface area (TPSA) is 78.9 Å². The van der Waals surface area contributed by atoms with Crippen LogP contribution >= 0.6 is 0 Å². The molecule has 0 amide bonds. The number of ether oxygens (including phenoxy) is 3. The fourth-order valence-corrected chi connectivity index (χ4v) is 11.1. The summed E-state index contributed by atoms with van der Waals surface area (Å²) in [6, 6.07) is 0. The molecule has 6 heteroatoms. The van der Waals surface area contributed by atoms with Gasteiger partial charge in [-0.25, -0.2) is 0 Å². The van der Waals surface area contributed by atoms with Crippen molar-refractivity contribution in [2.24, 2.45) is 0 Å². The third-order valence-corrected chi connectivity index (χ3v) is 16.5. The summed E-state index contributed by atoms with van der Waals surface area (Å²) in [5.41, 5.74) is 0. The molecule has 0 N–H and O–H groups in total. The minimum absolute atomic E-state index is 0.0646. The van der Waals surface area contributed by atoms with Crippen LogP contribution in [-0.2, 0) is 28.6 Å². The first-order chi connectivity index (χ1) is 39.0. The van der Waals surface area contributed by atoms with E-state index in [4.69, 9.17) is 14.2 Å². The molecule has 6 nitrogen and oxygen atoms in total. The molecule has 0 bridgehead atoms. The lowest BCUT2D eigenvalue weighted by Gasteiger charge is -2.18. The monoisotopic (exact) mass is 1110 g/mol. The van der Waals surface area contributed by atoms with E-state index in [1.165, 1.54) is 302 Å². The highest BCUT2D eigenvalue weighted by Gasteiger charge is 2.19. The summed E-state index contributed by atoms with van der Waals surface area (Å²) in [6.45, 7) is 6.72. The van der Waals surface area contributed by atoms with Crippen molar-refractivity contribution in [3.8, 4) is 0 Å². The van der Waals surface area contributed by atoms with Gasteiger partial charge in [-0.2, -0.15) is 0 Å². The van der Waals surface area contributed by atoms with E-state index in [0.717, 1.165) is 64.2 Å². The van der Waals surface area contributed by atoms with Gasteiger partial charge in [0.1, 0.15) is 13.2 Å². The van der Waals surface area contributed by atoms with Gasteiger partial charge in [0.2, 0.25) is 0 Å². The Bertz CT molecular complexity index is 1270. The van der Waals surface area contributed by atoms with Gasteiger partial charge >= 0.3 is 17.9 Å². The molecule has 0 aliphatic carbocycles. The zero-order valence-corrected chi connectivity index (χ0v) is 53.7. The molecule has 1 atom stereocenters. The molecule has 0 saturated heterocycles. The SMILES string of the molecule is CCCCCCC/C=C\C/C=C\CCCCCCCCCCCCCC(=O)OCC(COC(=O)CCCCCCCCCCCCCCCCCC)OC(=O)CCCCCCCCCCCCCCCCCCCCCCCC. The normalized spacial score (nSPS) is 12.1. The molecule has 0 aromatic carbocycles. The van der Waals surface area contributed by atoms with E-state index < -0.39 is 6.10 Å². The molecule has 0 radical (unpaired) electrons. The van der Waals surface area contributed by atoms with Crippen molar-refractivity contribution in [1.82, 2.24) is 0 Å². The van der Waals surface area contributed by atoms with Crippen molar-refractivity contribution < 1.29 is 28.6 Å². The van der Waals surface area contributed by atoms with Crippen LogP contribution < -0.4 is 0 Å². The van der Waals surface area contributed by atoms with Crippen molar-refractivity contribution in [3.63, 3.8) is 0 Å². The molecule has 0 fully saturated rings. The molecule has 0 saturated carbocycles. The van der Waals surface area contributed by atoms with Gasteiger partial charge in [0, 0.05) is 19.3 Å². The molecule has 0 rings (SSSR count). The van der Waals surface area contributed by atoms with Crippen LogP contribution in [0.4, 0.5) is 0 Å². The molecule has 0 heterocycles. The second kappa shape index (κ2) is 68.4. The van der Waals surface area contributed by atoms with Crippen LogP contribution in [0.5, 0.6) is 0 Å². The van der Waals surface area contributed by atoms with Crippen molar-refractivity contribution in [2.45, 2.75) is 412 Å². The molecule has 1 unspecified atom stereocenters. The maximum absolute atomic E-state index is 13.0. The van der Waals surface area contributed by atoms with Gasteiger partial charge in [-0.1, -0.05) is 360 Å². The van der Waals surface area contributed by atoms with Gasteiger partial charge in [-0.3, -0.25) is 14.4 Å². The molecule has 0 aromatic heterocycles. The summed E-state index contributed by atoms with van der Waals surface area (Å²) in [5.74, 6) is -0.831. The summed E-state index contributed by atoms with van der Waals surface area (Å²) < 4.78 is 17.0. The number of hydrogen-bond donors (Lipinski definition) is 0. The highest BCUT2D eigenvalue weighted by molar-refractivity contribution is 5.71. The lowest BCUT2D eigenvalue weighted by molar-refractivity contribution is -0.167. The highest BCUT2D eigenvalue weighted by Crippen LogP contribution is 2.19. The molecule has 466 valence electrons. The van der Waals surface area contributed by atoms with Gasteiger partial charge in [-0.05, 0) is 51.4 Å². The maximum Gasteiger partial charge on any atom is 0.306 e. The Morgan fingerprint density at radius 1 is 0.253 bits per heavy atom. The predicted octanol–water partition coefficient (Wildman–Crippen LogP) is 24.6. The number of esters is 3. The predicted molar refractivity (Wildman–Crippen MR) is 344 cm³/mol. The minimum atomic E-state index is -0.769. The fourth-order valence-electron chi connectivity index (χ4n) is 11.1. The average Bonchev–Trinajstić information content (AvgIpc) is 3.45. The number of unbranched alkanes of at least 4 members (excludes halogenated alkanes) is 52. The molecular formula is C73H138O6. The Kier molecular flexibility index (Phi) is 66.6. The molecule has 0 aromatic rings. The van der Waals surface area contributed by atoms with Gasteiger partial charge in [0.15, 0.2) is 6.10 Å². The first kappa shape index (κ1) is 76.9. The van der Waals surface area contributed by atoms with E-state index >= 15 is 0 Å². The van der Waals surface area contributed by atoms with Crippen LogP contribution in [0.25, 0.3) is 0 Å². The van der Waals surface area contributed by atoms with Gasteiger partial charge < -0.3 is 14.2 Å². The number of hydrogen-bond acceptors (Lipinski definition) is 6. The molecular weight excluding hydrogens is 973 g/mol. The van der Waals surface area contributed by atoms with Crippen LogP contribution in [0.3, 0.4) is 0 Å². The summed E-state index contributed by atoms with van der Waals surface area (Å²) in [7, 11) is 0. The number of carbonyl (C=O) groups excluding carboxylic acids is 3. The van der Waals surface area contributed by atoms with E-state index in [9.17, 15) is 14.4 Å². The summed E-state index contributed by atoms with van der Waals surface area (Å²) >= 11 is 0. The zero-order chi connectivity index (χ0) is 57.1. The van der Waals surface area contributed by atoms with Gasteiger partial charge in [-0.15, -0.1) is 0 Å². The fraction of sp³-hybridized carbons (Fsp3) is 0.904. The van der Waals surface area contributed by atoms with Crippen molar-refractivity contribution >= 4 is 17.9 Å². The van der Waals surface area contributed by atoms with E-state index in [1.807, 2.05) is 0 Å². The minimum Gasteiger partial charge on any atom is -0.462 e. The molecule has 0 aliphatic rings. The quantitative estimate of drug-likeness (QED) is 0.0261. The molecule has 0 spiro atoms. The standard InChI is InChI=1S/C73H138O6/c1-4-7-10-13-16-19-22-25-28-31-33-35-37-39-40-42-45-48-51-54-57-60-63-66-72(75)78-69-70(68-77-71(74)65-62-59-56-53-50-47-44-30-27-24-21-18-15-12-9-6-3)79-73(76)67-64-61-58-55-52-49-46-43-41-38-36-34-32-29-26-23-20-17-14-11-8-5-2/h22,25,31,33,70H,4-21,23-24,26-30,32,34-69H2,1-3H3/b25-22-,33-31-.